The predicted octanol–water partition coefficient (Wildman–Crippen LogP) is 5.52. The first kappa shape index (κ1) is 22.0. The number of rotatable bonds is 7. The van der Waals surface area contributed by atoms with E-state index in [9.17, 15) is 4.79 Å². The highest BCUT2D eigenvalue weighted by Gasteiger charge is 2.34. The zero-order valence-electron chi connectivity index (χ0n) is 14.9. The van der Waals surface area contributed by atoms with Gasteiger partial charge in [0.15, 0.2) is 5.11 Å². The van der Waals surface area contributed by atoms with E-state index in [1.165, 1.54) is 0 Å². The van der Waals surface area contributed by atoms with Crippen LogP contribution in [-0.2, 0) is 4.79 Å². The van der Waals surface area contributed by atoms with Crippen LogP contribution in [0.5, 0.6) is 0 Å². The van der Waals surface area contributed by atoms with Crippen molar-refractivity contribution in [3.8, 4) is 0 Å². The van der Waals surface area contributed by atoms with E-state index >= 15 is 0 Å². The number of hydrogen-bond donors (Lipinski definition) is 3. The monoisotopic (exact) mass is 445 g/mol. The Morgan fingerprint density at radius 2 is 1.78 bits per heavy atom. The first-order valence-electron chi connectivity index (χ1n) is 8.72. The normalized spacial score (nSPS) is 12.4. The van der Waals surface area contributed by atoms with Crippen LogP contribution in [0.4, 0.5) is 5.69 Å². The molecule has 0 fully saturated rings. The van der Waals surface area contributed by atoms with E-state index in [4.69, 9.17) is 47.0 Å². The van der Waals surface area contributed by atoms with Gasteiger partial charge in [-0.3, -0.25) is 4.79 Å². The van der Waals surface area contributed by atoms with Gasteiger partial charge in [-0.05, 0) is 30.1 Å². The number of carbonyl (C=O) groups is 1. The van der Waals surface area contributed by atoms with Crippen LogP contribution < -0.4 is 16.0 Å². The molecule has 0 bridgehead atoms. The zero-order valence-corrected chi connectivity index (χ0v) is 18.0. The number of alkyl halides is 3. The summed E-state index contributed by atoms with van der Waals surface area (Å²) in [6, 6.07) is 13.8. The topological polar surface area (TPSA) is 53.2 Å². The van der Waals surface area contributed by atoms with Gasteiger partial charge in [0.1, 0.15) is 6.17 Å². The van der Waals surface area contributed by atoms with Gasteiger partial charge < -0.3 is 16.0 Å². The first-order chi connectivity index (χ1) is 12.8. The third kappa shape index (κ3) is 7.00. The number of carbonyl (C=O) groups excluding carboxylic acids is 1. The number of fused-ring (bicyclic) bond motifs is 1. The van der Waals surface area contributed by atoms with E-state index in [-0.39, 0.29) is 11.0 Å². The molecule has 0 radical (unpaired) electrons. The molecule has 0 unspecified atom stereocenters. The lowest BCUT2D eigenvalue weighted by Crippen LogP contribution is -2.56. The molecular weight excluding hydrogens is 425 g/mol. The summed E-state index contributed by atoms with van der Waals surface area (Å²) in [6.45, 7) is 2.07. The molecule has 3 N–H and O–H groups in total. The van der Waals surface area contributed by atoms with Gasteiger partial charge in [-0.1, -0.05) is 91.0 Å². The van der Waals surface area contributed by atoms with E-state index in [0.717, 1.165) is 35.7 Å². The Hall–Kier alpha value is -1.27. The second-order valence-electron chi connectivity index (χ2n) is 6.12. The minimum absolute atomic E-state index is 0.194. The van der Waals surface area contributed by atoms with Crippen LogP contribution in [0, 0.1) is 0 Å². The Bertz CT molecular complexity index is 790. The average molecular weight is 447 g/mol. The standard InChI is InChI=1S/C19H22Cl3N3OS/c1-2-3-4-12-16(26)24-17(19(20,21)22)25-18(27)23-15-11-7-9-13-8-5-6-10-14(13)15/h5-11,17H,2-4,12H2,1H3,(H,24,26)(H2,23,25,27)/t17-/m0/s1. The Morgan fingerprint density at radius 1 is 1.07 bits per heavy atom. The van der Waals surface area contributed by atoms with E-state index in [1.807, 2.05) is 42.5 Å². The van der Waals surface area contributed by atoms with E-state index in [1.54, 1.807) is 0 Å². The van der Waals surface area contributed by atoms with E-state index < -0.39 is 9.96 Å². The second-order valence-corrected chi connectivity index (χ2v) is 8.90. The molecule has 0 aliphatic heterocycles. The molecular formula is C19H22Cl3N3OS. The van der Waals surface area contributed by atoms with Gasteiger partial charge in [-0.25, -0.2) is 0 Å². The molecule has 4 nitrogen and oxygen atoms in total. The largest absolute Gasteiger partial charge is 0.339 e. The fourth-order valence-electron chi connectivity index (χ4n) is 2.59. The summed E-state index contributed by atoms with van der Waals surface area (Å²) in [5, 5.41) is 11.0. The van der Waals surface area contributed by atoms with Gasteiger partial charge >= 0.3 is 0 Å². The third-order valence-corrected chi connectivity index (χ3v) is 4.83. The molecule has 0 aliphatic rings. The molecule has 0 heterocycles. The zero-order chi connectivity index (χ0) is 19.9. The van der Waals surface area contributed by atoms with Gasteiger partial charge in [-0.2, -0.15) is 0 Å². The second kappa shape index (κ2) is 10.3. The summed E-state index contributed by atoms with van der Waals surface area (Å²) in [5.74, 6) is -0.194. The molecule has 0 aromatic heterocycles. The summed E-state index contributed by atoms with van der Waals surface area (Å²) in [6.07, 6.45) is 2.20. The quantitative estimate of drug-likeness (QED) is 0.227. The molecule has 0 saturated carbocycles. The number of hydrogen-bond acceptors (Lipinski definition) is 2. The fraction of sp³-hybridized carbons (Fsp3) is 0.368. The fourth-order valence-corrected chi connectivity index (χ4v) is 3.15. The number of unbranched alkanes of at least 4 members (excludes halogenated alkanes) is 2. The number of benzene rings is 2. The van der Waals surface area contributed by atoms with Crippen LogP contribution >= 0.6 is 47.0 Å². The van der Waals surface area contributed by atoms with E-state index in [0.29, 0.717) is 6.42 Å². The van der Waals surface area contributed by atoms with Crippen molar-refractivity contribution >= 4 is 74.5 Å². The Labute approximate surface area is 179 Å². The maximum Gasteiger partial charge on any atom is 0.228 e. The highest BCUT2D eigenvalue weighted by atomic mass is 35.6. The van der Waals surface area contributed by atoms with Crippen LogP contribution in [0.1, 0.15) is 32.6 Å². The number of amides is 1. The minimum Gasteiger partial charge on any atom is -0.339 e. The van der Waals surface area contributed by atoms with E-state index in [2.05, 4.69) is 22.9 Å². The average Bonchev–Trinajstić information content (AvgIpc) is 2.61. The molecule has 2 aromatic rings. The number of nitrogens with one attached hydrogen (secondary N) is 3. The summed E-state index contributed by atoms with van der Waals surface area (Å²) in [4.78, 5) is 12.1. The Balaban J connectivity index is 2.04. The Morgan fingerprint density at radius 3 is 2.48 bits per heavy atom. The van der Waals surface area contributed by atoms with Crippen molar-refractivity contribution in [3.05, 3.63) is 42.5 Å². The maximum atomic E-state index is 12.1. The highest BCUT2D eigenvalue weighted by Crippen LogP contribution is 2.29. The molecule has 0 spiro atoms. The van der Waals surface area contributed by atoms with Gasteiger partial charge in [0, 0.05) is 17.5 Å². The molecule has 1 atom stereocenters. The SMILES string of the molecule is CCCCCC(=O)N[C@@H](NC(=S)Nc1cccc2ccccc12)C(Cl)(Cl)Cl. The first-order valence-corrected chi connectivity index (χ1v) is 10.3. The van der Waals surface area contributed by atoms with Crippen LogP contribution in [0.2, 0.25) is 0 Å². The van der Waals surface area contributed by atoms with Crippen molar-refractivity contribution in [2.24, 2.45) is 0 Å². The van der Waals surface area contributed by atoms with Crippen molar-refractivity contribution in [3.63, 3.8) is 0 Å². The lowest BCUT2D eigenvalue weighted by Gasteiger charge is -2.28. The smallest absolute Gasteiger partial charge is 0.228 e. The van der Waals surface area contributed by atoms with Crippen molar-refractivity contribution in [1.29, 1.82) is 0 Å². The van der Waals surface area contributed by atoms with Gasteiger partial charge in [0.25, 0.3) is 0 Å². The summed E-state index contributed by atoms with van der Waals surface area (Å²) >= 11 is 23.4. The number of thiocarbonyl (C=S) groups is 1. The number of anilines is 1. The lowest BCUT2D eigenvalue weighted by atomic mass is 10.1. The van der Waals surface area contributed by atoms with Crippen LogP contribution in [0.15, 0.2) is 42.5 Å². The summed E-state index contributed by atoms with van der Waals surface area (Å²) < 4.78 is -1.76. The molecule has 0 aliphatic carbocycles. The molecule has 0 saturated heterocycles. The minimum atomic E-state index is -1.76. The van der Waals surface area contributed by atoms with Crippen LogP contribution in [0.3, 0.4) is 0 Å². The predicted molar refractivity (Wildman–Crippen MR) is 120 cm³/mol. The summed E-state index contributed by atoms with van der Waals surface area (Å²) in [5.41, 5.74) is 0.822. The van der Waals surface area contributed by atoms with Gasteiger partial charge in [0.2, 0.25) is 9.70 Å². The van der Waals surface area contributed by atoms with Crippen molar-refractivity contribution < 1.29 is 4.79 Å². The lowest BCUT2D eigenvalue weighted by molar-refractivity contribution is -0.122. The van der Waals surface area contributed by atoms with Crippen molar-refractivity contribution in [1.82, 2.24) is 10.6 Å². The number of halogens is 3. The van der Waals surface area contributed by atoms with Gasteiger partial charge in [-0.15, -0.1) is 0 Å². The summed E-state index contributed by atoms with van der Waals surface area (Å²) in [7, 11) is 0. The molecule has 2 aromatic carbocycles. The molecule has 27 heavy (non-hydrogen) atoms. The molecule has 146 valence electrons. The van der Waals surface area contributed by atoms with Crippen LogP contribution in [0.25, 0.3) is 10.8 Å². The maximum absolute atomic E-state index is 12.1. The van der Waals surface area contributed by atoms with Crippen LogP contribution in [-0.4, -0.2) is 21.0 Å². The highest BCUT2D eigenvalue weighted by molar-refractivity contribution is 7.80. The van der Waals surface area contributed by atoms with Gasteiger partial charge in [0.05, 0.1) is 0 Å². The van der Waals surface area contributed by atoms with Crippen molar-refractivity contribution in [2.75, 3.05) is 5.32 Å². The molecule has 1 amide bonds. The molecule has 8 heteroatoms. The molecule has 2 rings (SSSR count). The third-order valence-electron chi connectivity index (χ3n) is 3.95. The Kier molecular flexibility index (Phi) is 8.42. The van der Waals surface area contributed by atoms with Crippen molar-refractivity contribution in [2.45, 2.75) is 42.6 Å².